The molecule has 1 aromatic heterocycles. The van der Waals surface area contributed by atoms with Crippen LogP contribution >= 0.6 is 0 Å². The smallest absolute Gasteiger partial charge is 0.220 e. The molecule has 1 heterocycles. The molecule has 0 unspecified atom stereocenters. The third-order valence-electron chi connectivity index (χ3n) is 3.08. The summed E-state index contributed by atoms with van der Waals surface area (Å²) in [5.41, 5.74) is 5.28. The van der Waals surface area contributed by atoms with Crippen molar-refractivity contribution in [3.8, 4) is 0 Å². The summed E-state index contributed by atoms with van der Waals surface area (Å²) < 4.78 is 0. The zero-order valence-electron chi connectivity index (χ0n) is 8.60. The van der Waals surface area contributed by atoms with Crippen molar-refractivity contribution in [1.29, 1.82) is 0 Å². The van der Waals surface area contributed by atoms with Gasteiger partial charge in [0.25, 0.3) is 0 Å². The fraction of sp³-hybridized carbons (Fsp3) is 0.545. The molecule has 4 heteroatoms. The van der Waals surface area contributed by atoms with Crippen molar-refractivity contribution in [2.24, 2.45) is 11.7 Å². The highest BCUT2D eigenvalue weighted by atomic mass is 16.1. The molecule has 4 nitrogen and oxygen atoms in total. The predicted molar refractivity (Wildman–Crippen MR) is 55.9 cm³/mol. The van der Waals surface area contributed by atoms with Crippen molar-refractivity contribution in [2.75, 3.05) is 0 Å². The van der Waals surface area contributed by atoms with E-state index in [1.54, 1.807) is 12.4 Å². The Morgan fingerprint density at radius 1 is 1.20 bits per heavy atom. The van der Waals surface area contributed by atoms with E-state index >= 15 is 0 Å². The van der Waals surface area contributed by atoms with Crippen LogP contribution < -0.4 is 5.73 Å². The minimum absolute atomic E-state index is 0.0602. The van der Waals surface area contributed by atoms with Crippen molar-refractivity contribution >= 4 is 5.91 Å². The van der Waals surface area contributed by atoms with E-state index in [1.807, 2.05) is 6.07 Å². The first kappa shape index (κ1) is 10.1. The Labute approximate surface area is 88.9 Å². The molecule has 1 aliphatic rings. The molecule has 1 aliphatic carbocycles. The second kappa shape index (κ2) is 4.38. The lowest BCUT2D eigenvalue weighted by Crippen LogP contribution is -2.27. The lowest BCUT2D eigenvalue weighted by molar-refractivity contribution is -0.122. The lowest BCUT2D eigenvalue weighted by atomic mass is 9.81. The summed E-state index contributed by atoms with van der Waals surface area (Å²) in [4.78, 5) is 19.5. The van der Waals surface area contributed by atoms with Crippen molar-refractivity contribution in [3.05, 3.63) is 24.3 Å². The molecule has 1 fully saturated rings. The molecule has 0 spiro atoms. The summed E-state index contributed by atoms with van der Waals surface area (Å²) in [6, 6.07) is 1.82. The number of amides is 1. The van der Waals surface area contributed by atoms with Crippen LogP contribution in [0.4, 0.5) is 0 Å². The molecule has 2 N–H and O–H groups in total. The zero-order chi connectivity index (χ0) is 10.7. The summed E-state index contributed by atoms with van der Waals surface area (Å²) in [5.74, 6) is 1.20. The number of carbonyl (C=O) groups excluding carboxylic acids is 1. The molecule has 80 valence electrons. The fourth-order valence-corrected chi connectivity index (χ4v) is 2.16. The predicted octanol–water partition coefficient (Wildman–Crippen LogP) is 1.24. The van der Waals surface area contributed by atoms with Gasteiger partial charge in [-0.3, -0.25) is 4.79 Å². The first-order chi connectivity index (χ1) is 7.27. The minimum atomic E-state index is -0.164. The summed E-state index contributed by atoms with van der Waals surface area (Å²) >= 11 is 0. The van der Waals surface area contributed by atoms with Gasteiger partial charge in [0, 0.05) is 24.2 Å². The van der Waals surface area contributed by atoms with Gasteiger partial charge in [-0.05, 0) is 31.7 Å². The van der Waals surface area contributed by atoms with E-state index in [9.17, 15) is 4.79 Å². The van der Waals surface area contributed by atoms with E-state index in [0.717, 1.165) is 31.5 Å². The van der Waals surface area contributed by atoms with E-state index in [0.29, 0.717) is 5.92 Å². The maximum absolute atomic E-state index is 11.0. The topological polar surface area (TPSA) is 68.9 Å². The summed E-state index contributed by atoms with van der Waals surface area (Å²) in [7, 11) is 0. The van der Waals surface area contributed by atoms with Gasteiger partial charge < -0.3 is 5.73 Å². The molecule has 1 saturated carbocycles. The van der Waals surface area contributed by atoms with Gasteiger partial charge in [-0.15, -0.1) is 0 Å². The molecule has 0 bridgehead atoms. The molecular weight excluding hydrogens is 190 g/mol. The average Bonchev–Trinajstić information content (AvgIpc) is 2.30. The van der Waals surface area contributed by atoms with Crippen LogP contribution in [0, 0.1) is 5.92 Å². The van der Waals surface area contributed by atoms with Crippen molar-refractivity contribution in [3.63, 3.8) is 0 Å². The molecule has 2 rings (SSSR count). The van der Waals surface area contributed by atoms with Crippen LogP contribution in [-0.2, 0) is 4.79 Å². The van der Waals surface area contributed by atoms with E-state index in [-0.39, 0.29) is 11.8 Å². The molecule has 1 amide bonds. The Balaban J connectivity index is 1.97. The quantitative estimate of drug-likeness (QED) is 0.789. The van der Waals surface area contributed by atoms with Gasteiger partial charge in [0.05, 0.1) is 0 Å². The minimum Gasteiger partial charge on any atom is -0.369 e. The maximum Gasteiger partial charge on any atom is 0.220 e. The van der Waals surface area contributed by atoms with Crippen LogP contribution in [0.3, 0.4) is 0 Å². The second-order valence-corrected chi connectivity index (χ2v) is 4.06. The van der Waals surface area contributed by atoms with Gasteiger partial charge in [0.2, 0.25) is 5.91 Å². The molecule has 0 aromatic carbocycles. The number of carbonyl (C=O) groups is 1. The van der Waals surface area contributed by atoms with Crippen molar-refractivity contribution < 1.29 is 4.79 Å². The van der Waals surface area contributed by atoms with Gasteiger partial charge in [0.1, 0.15) is 5.82 Å². The molecular formula is C11H15N3O. The maximum atomic E-state index is 11.0. The van der Waals surface area contributed by atoms with E-state index in [4.69, 9.17) is 5.73 Å². The first-order valence-electron chi connectivity index (χ1n) is 5.33. The lowest BCUT2D eigenvalue weighted by Gasteiger charge is -2.25. The highest BCUT2D eigenvalue weighted by Crippen LogP contribution is 2.33. The molecule has 1 aromatic rings. The normalized spacial score (nSPS) is 26.1. The molecule has 0 aliphatic heterocycles. The van der Waals surface area contributed by atoms with Gasteiger partial charge in [-0.25, -0.2) is 9.97 Å². The Kier molecular flexibility index (Phi) is 2.94. The number of nitrogens with zero attached hydrogens (tertiary/aromatic N) is 2. The van der Waals surface area contributed by atoms with Crippen LogP contribution in [0.2, 0.25) is 0 Å². The highest BCUT2D eigenvalue weighted by Gasteiger charge is 2.26. The molecule has 0 saturated heterocycles. The van der Waals surface area contributed by atoms with Crippen LogP contribution in [0.5, 0.6) is 0 Å². The number of aromatic nitrogens is 2. The number of rotatable bonds is 2. The van der Waals surface area contributed by atoms with Crippen molar-refractivity contribution in [1.82, 2.24) is 9.97 Å². The molecule has 0 radical (unpaired) electrons. The van der Waals surface area contributed by atoms with Gasteiger partial charge in [0.15, 0.2) is 0 Å². The SMILES string of the molecule is NC(=O)[C@H]1CC[C@H](c2ncccn2)CC1. The summed E-state index contributed by atoms with van der Waals surface area (Å²) in [6.45, 7) is 0. The average molecular weight is 205 g/mol. The Hall–Kier alpha value is -1.45. The largest absolute Gasteiger partial charge is 0.369 e. The summed E-state index contributed by atoms with van der Waals surface area (Å²) in [6.07, 6.45) is 7.22. The van der Waals surface area contributed by atoms with Crippen LogP contribution in [0.25, 0.3) is 0 Å². The van der Waals surface area contributed by atoms with Crippen molar-refractivity contribution in [2.45, 2.75) is 31.6 Å². The van der Waals surface area contributed by atoms with Gasteiger partial charge in [-0.1, -0.05) is 0 Å². The standard InChI is InChI=1S/C11H15N3O/c12-10(15)8-2-4-9(5-3-8)11-13-6-1-7-14-11/h1,6-9H,2-5H2,(H2,12,15)/t8-,9-. The first-order valence-corrected chi connectivity index (χ1v) is 5.33. The Morgan fingerprint density at radius 3 is 2.33 bits per heavy atom. The zero-order valence-corrected chi connectivity index (χ0v) is 8.60. The van der Waals surface area contributed by atoms with Crippen LogP contribution in [-0.4, -0.2) is 15.9 Å². The monoisotopic (exact) mass is 205 g/mol. The molecule has 15 heavy (non-hydrogen) atoms. The van der Waals surface area contributed by atoms with E-state index < -0.39 is 0 Å². The van der Waals surface area contributed by atoms with Gasteiger partial charge in [-0.2, -0.15) is 0 Å². The number of primary amides is 1. The Morgan fingerprint density at radius 2 is 1.80 bits per heavy atom. The van der Waals surface area contributed by atoms with Crippen LogP contribution in [0.15, 0.2) is 18.5 Å². The van der Waals surface area contributed by atoms with E-state index in [2.05, 4.69) is 9.97 Å². The number of hydrogen-bond acceptors (Lipinski definition) is 3. The number of hydrogen-bond donors (Lipinski definition) is 1. The second-order valence-electron chi connectivity index (χ2n) is 4.06. The third kappa shape index (κ3) is 2.32. The van der Waals surface area contributed by atoms with Crippen LogP contribution in [0.1, 0.15) is 37.4 Å². The third-order valence-corrected chi connectivity index (χ3v) is 3.08. The van der Waals surface area contributed by atoms with E-state index in [1.165, 1.54) is 0 Å². The fourth-order valence-electron chi connectivity index (χ4n) is 2.16. The highest BCUT2D eigenvalue weighted by molar-refractivity contribution is 5.76. The van der Waals surface area contributed by atoms with Gasteiger partial charge >= 0.3 is 0 Å². The molecule has 0 atom stereocenters. The number of nitrogens with two attached hydrogens (primary N) is 1. The Bertz CT molecular complexity index is 331. The summed E-state index contributed by atoms with van der Waals surface area (Å²) in [5, 5.41) is 0.